The molecule has 0 spiro atoms. The summed E-state index contributed by atoms with van der Waals surface area (Å²) in [6, 6.07) is 4.17. The largest absolute Gasteiger partial charge is 0.390 e. The molecule has 0 fully saturated rings. The van der Waals surface area contributed by atoms with E-state index in [1.54, 1.807) is 0 Å². The van der Waals surface area contributed by atoms with Gasteiger partial charge < -0.3 is 5.32 Å². The van der Waals surface area contributed by atoms with E-state index in [0.29, 0.717) is 0 Å². The number of aromatic nitrogens is 1. The van der Waals surface area contributed by atoms with E-state index < -0.39 is 0 Å². The van der Waals surface area contributed by atoms with Crippen LogP contribution in [0, 0.1) is 12.8 Å². The summed E-state index contributed by atoms with van der Waals surface area (Å²) in [5.74, 6) is 0.736. The Bertz CT molecular complexity index is 365. The Morgan fingerprint density at radius 2 is 2.22 bits per heavy atom. The Kier molecular flexibility index (Phi) is 6.48. The van der Waals surface area contributed by atoms with Crippen molar-refractivity contribution in [1.29, 1.82) is 0 Å². The Morgan fingerprint density at radius 1 is 1.44 bits per heavy atom. The average Bonchev–Trinajstić information content (AvgIpc) is 2.37. The number of aryl methyl sites for hydroxylation is 1. The molecule has 0 amide bonds. The van der Waals surface area contributed by atoms with E-state index in [1.165, 1.54) is 30.4 Å². The number of hydrogen-bond acceptors (Lipinski definition) is 2. The minimum atomic E-state index is 0.736. The van der Waals surface area contributed by atoms with Crippen LogP contribution in [0.4, 0.5) is 0 Å². The highest BCUT2D eigenvalue weighted by atomic mass is 14.8. The molecule has 18 heavy (non-hydrogen) atoms. The smallest absolute Gasteiger partial charge is 0.0673 e. The van der Waals surface area contributed by atoms with Crippen molar-refractivity contribution in [2.24, 2.45) is 5.92 Å². The second-order valence-corrected chi connectivity index (χ2v) is 5.20. The predicted octanol–water partition coefficient (Wildman–Crippen LogP) is 4.17. The topological polar surface area (TPSA) is 24.9 Å². The van der Waals surface area contributed by atoms with E-state index in [0.717, 1.165) is 18.2 Å². The van der Waals surface area contributed by atoms with Crippen LogP contribution >= 0.6 is 0 Å². The average molecular weight is 246 g/mol. The molecule has 1 atom stereocenters. The number of allylic oxidation sites excluding steroid dienone is 1. The molecular formula is C16H26N2. The van der Waals surface area contributed by atoms with Crippen LogP contribution in [0.2, 0.25) is 0 Å². The van der Waals surface area contributed by atoms with Crippen LogP contribution in [-0.4, -0.2) is 11.5 Å². The Morgan fingerprint density at radius 3 is 2.83 bits per heavy atom. The summed E-state index contributed by atoms with van der Waals surface area (Å²) < 4.78 is 0. The van der Waals surface area contributed by atoms with Gasteiger partial charge in [-0.1, -0.05) is 32.8 Å². The van der Waals surface area contributed by atoms with Gasteiger partial charge in [-0.25, -0.2) is 0 Å². The Hall–Kier alpha value is -1.31. The molecule has 1 heterocycles. The second-order valence-electron chi connectivity index (χ2n) is 5.20. The van der Waals surface area contributed by atoms with Crippen LogP contribution < -0.4 is 5.32 Å². The lowest BCUT2D eigenvalue weighted by Gasteiger charge is -2.11. The summed E-state index contributed by atoms with van der Waals surface area (Å²) >= 11 is 0. The zero-order valence-corrected chi connectivity index (χ0v) is 12.2. The highest BCUT2D eigenvalue weighted by molar-refractivity contribution is 5.59. The molecule has 1 N–H and O–H groups in total. The summed E-state index contributed by atoms with van der Waals surface area (Å²) in [5, 5.41) is 3.40. The van der Waals surface area contributed by atoms with E-state index in [-0.39, 0.29) is 0 Å². The first-order valence-electron chi connectivity index (χ1n) is 6.96. The lowest BCUT2D eigenvalue weighted by atomic mass is 10.0. The van der Waals surface area contributed by atoms with Crippen LogP contribution in [-0.2, 0) is 0 Å². The molecule has 100 valence electrons. The van der Waals surface area contributed by atoms with Gasteiger partial charge in [0.2, 0.25) is 0 Å². The number of pyridine rings is 1. The minimum absolute atomic E-state index is 0.736. The summed E-state index contributed by atoms with van der Waals surface area (Å²) in [5.41, 5.74) is 3.44. The summed E-state index contributed by atoms with van der Waals surface area (Å²) in [6.07, 6.45) is 7.91. The molecule has 1 aromatic rings. The van der Waals surface area contributed by atoms with Crippen molar-refractivity contribution in [3.8, 4) is 0 Å². The van der Waals surface area contributed by atoms with Crippen LogP contribution in [0.1, 0.15) is 51.3 Å². The molecule has 1 aromatic heterocycles. The quantitative estimate of drug-likeness (QED) is 0.781. The fourth-order valence-corrected chi connectivity index (χ4v) is 1.84. The maximum Gasteiger partial charge on any atom is 0.0673 e. The predicted molar refractivity (Wildman–Crippen MR) is 79.3 cm³/mol. The zero-order valence-electron chi connectivity index (χ0n) is 12.2. The third-order valence-electron chi connectivity index (χ3n) is 3.15. The molecule has 0 aliphatic rings. The normalized spacial score (nSPS) is 13.4. The SMILES string of the molecule is CCCCC(C)CN/C=C(\C)c1ccc(C)cn1. The van der Waals surface area contributed by atoms with Crippen molar-refractivity contribution in [3.05, 3.63) is 35.8 Å². The summed E-state index contributed by atoms with van der Waals surface area (Å²) in [7, 11) is 0. The number of unbranched alkanes of at least 4 members (excludes halogenated alkanes) is 1. The first-order valence-corrected chi connectivity index (χ1v) is 6.96. The van der Waals surface area contributed by atoms with Gasteiger partial charge in [-0.05, 0) is 43.4 Å². The Balaban J connectivity index is 2.40. The molecular weight excluding hydrogens is 220 g/mol. The molecule has 2 nitrogen and oxygen atoms in total. The maximum absolute atomic E-state index is 4.42. The highest BCUT2D eigenvalue weighted by Gasteiger charge is 2.00. The lowest BCUT2D eigenvalue weighted by Crippen LogP contribution is -2.15. The Labute approximate surface area is 112 Å². The van der Waals surface area contributed by atoms with Gasteiger partial charge in [0, 0.05) is 18.9 Å². The van der Waals surface area contributed by atoms with Crippen molar-refractivity contribution >= 4 is 5.57 Å². The summed E-state index contributed by atoms with van der Waals surface area (Å²) in [4.78, 5) is 4.42. The van der Waals surface area contributed by atoms with Crippen LogP contribution in [0.25, 0.3) is 5.57 Å². The minimum Gasteiger partial charge on any atom is -0.390 e. The third kappa shape index (κ3) is 5.35. The van der Waals surface area contributed by atoms with Crippen LogP contribution in [0.5, 0.6) is 0 Å². The van der Waals surface area contributed by atoms with Gasteiger partial charge in [0.25, 0.3) is 0 Å². The highest BCUT2D eigenvalue weighted by Crippen LogP contribution is 2.10. The van der Waals surface area contributed by atoms with Crippen molar-refractivity contribution in [3.63, 3.8) is 0 Å². The van der Waals surface area contributed by atoms with Crippen LogP contribution in [0.3, 0.4) is 0 Å². The number of rotatable bonds is 7. The van der Waals surface area contributed by atoms with Gasteiger partial charge in [0.1, 0.15) is 0 Å². The molecule has 0 aromatic carbocycles. The molecule has 0 radical (unpaired) electrons. The van der Waals surface area contributed by atoms with E-state index in [1.807, 2.05) is 6.20 Å². The van der Waals surface area contributed by atoms with Crippen molar-refractivity contribution in [1.82, 2.24) is 10.3 Å². The summed E-state index contributed by atoms with van der Waals surface area (Å²) in [6.45, 7) is 9.75. The fraction of sp³-hybridized carbons (Fsp3) is 0.562. The first-order chi connectivity index (χ1) is 8.63. The molecule has 1 unspecified atom stereocenters. The third-order valence-corrected chi connectivity index (χ3v) is 3.15. The molecule has 1 rings (SSSR count). The molecule has 2 heteroatoms. The molecule has 0 aliphatic carbocycles. The van der Waals surface area contributed by atoms with E-state index in [9.17, 15) is 0 Å². The van der Waals surface area contributed by atoms with E-state index in [2.05, 4.69) is 56.3 Å². The molecule has 0 saturated heterocycles. The lowest BCUT2D eigenvalue weighted by molar-refractivity contribution is 0.491. The molecule has 0 bridgehead atoms. The monoisotopic (exact) mass is 246 g/mol. The zero-order chi connectivity index (χ0) is 13.4. The van der Waals surface area contributed by atoms with Gasteiger partial charge in [-0.3, -0.25) is 4.98 Å². The van der Waals surface area contributed by atoms with Crippen molar-refractivity contribution < 1.29 is 0 Å². The van der Waals surface area contributed by atoms with E-state index >= 15 is 0 Å². The second kappa shape index (κ2) is 7.91. The fourth-order valence-electron chi connectivity index (χ4n) is 1.84. The standard InChI is InChI=1S/C16H26N2/c1-5-6-7-13(2)10-17-12-15(4)16-9-8-14(3)11-18-16/h8-9,11-13,17H,5-7,10H2,1-4H3/b15-12+. The maximum atomic E-state index is 4.42. The van der Waals surface area contributed by atoms with Gasteiger partial charge >= 0.3 is 0 Å². The number of nitrogens with zero attached hydrogens (tertiary/aromatic N) is 1. The van der Waals surface area contributed by atoms with Crippen LogP contribution in [0.15, 0.2) is 24.5 Å². The molecule has 0 aliphatic heterocycles. The van der Waals surface area contributed by atoms with Crippen molar-refractivity contribution in [2.75, 3.05) is 6.54 Å². The first kappa shape index (κ1) is 14.7. The number of nitrogens with one attached hydrogen (secondary N) is 1. The van der Waals surface area contributed by atoms with Gasteiger partial charge in [0.05, 0.1) is 5.69 Å². The van der Waals surface area contributed by atoms with Gasteiger partial charge in [-0.15, -0.1) is 0 Å². The number of hydrogen-bond donors (Lipinski definition) is 1. The van der Waals surface area contributed by atoms with E-state index in [4.69, 9.17) is 0 Å². The van der Waals surface area contributed by atoms with Gasteiger partial charge in [-0.2, -0.15) is 0 Å². The van der Waals surface area contributed by atoms with Crippen molar-refractivity contribution in [2.45, 2.75) is 47.0 Å². The van der Waals surface area contributed by atoms with Gasteiger partial charge in [0.15, 0.2) is 0 Å². The molecule has 0 saturated carbocycles.